The number of nitrogens with zero attached hydrogens (tertiary/aromatic N) is 4. The molecule has 1 aliphatic rings. The number of nitro groups is 1. The van der Waals surface area contributed by atoms with Crippen molar-refractivity contribution in [1.82, 2.24) is 15.2 Å². The zero-order chi connectivity index (χ0) is 21.8. The highest BCUT2D eigenvalue weighted by molar-refractivity contribution is 5.95. The first-order valence-electron chi connectivity index (χ1n) is 9.99. The van der Waals surface area contributed by atoms with Gasteiger partial charge in [-0.2, -0.15) is 10.2 Å². The summed E-state index contributed by atoms with van der Waals surface area (Å²) in [6.45, 7) is 2.08. The number of aromatic nitrogens is 2. The standard InChI is InChI=1S/C22H21N5O4/c1-2-31-20-12-11-15(13-19(20)27(29)30)14-23-24-22(28)21-17-9-6-10-18(17)26(25-21)16-7-4-3-5-8-16/h3-5,7-8,11-14H,2,6,9-10H2,1H3,(H,24,28)/b23-14+. The molecule has 0 radical (unpaired) electrons. The van der Waals surface area contributed by atoms with Crippen molar-refractivity contribution >= 4 is 17.8 Å². The monoisotopic (exact) mass is 419 g/mol. The van der Waals surface area contributed by atoms with Crippen molar-refractivity contribution in [2.45, 2.75) is 26.2 Å². The third-order valence-corrected chi connectivity index (χ3v) is 5.01. The van der Waals surface area contributed by atoms with E-state index in [9.17, 15) is 14.9 Å². The Kier molecular flexibility index (Phi) is 5.74. The van der Waals surface area contributed by atoms with Gasteiger partial charge in [-0.05, 0) is 50.5 Å². The lowest BCUT2D eigenvalue weighted by Gasteiger charge is -2.04. The van der Waals surface area contributed by atoms with Gasteiger partial charge in [0.2, 0.25) is 0 Å². The largest absolute Gasteiger partial charge is 0.487 e. The van der Waals surface area contributed by atoms with Gasteiger partial charge < -0.3 is 4.74 Å². The summed E-state index contributed by atoms with van der Waals surface area (Å²) in [7, 11) is 0. The van der Waals surface area contributed by atoms with E-state index in [2.05, 4.69) is 15.6 Å². The summed E-state index contributed by atoms with van der Waals surface area (Å²) in [6.07, 6.45) is 3.98. The van der Waals surface area contributed by atoms with E-state index < -0.39 is 10.8 Å². The average molecular weight is 419 g/mol. The first kappa shape index (κ1) is 20.3. The van der Waals surface area contributed by atoms with Crippen LogP contribution in [0, 0.1) is 10.1 Å². The number of ether oxygens (including phenoxy) is 1. The van der Waals surface area contributed by atoms with E-state index in [1.165, 1.54) is 18.3 Å². The highest BCUT2D eigenvalue weighted by atomic mass is 16.6. The van der Waals surface area contributed by atoms with Gasteiger partial charge in [-0.15, -0.1) is 0 Å². The van der Waals surface area contributed by atoms with Gasteiger partial charge in [-0.1, -0.05) is 18.2 Å². The maximum absolute atomic E-state index is 12.7. The maximum Gasteiger partial charge on any atom is 0.311 e. The number of fused-ring (bicyclic) bond motifs is 1. The second-order valence-corrected chi connectivity index (χ2v) is 6.99. The molecule has 1 N–H and O–H groups in total. The molecule has 0 spiro atoms. The van der Waals surface area contributed by atoms with Crippen molar-refractivity contribution in [3.63, 3.8) is 0 Å². The van der Waals surface area contributed by atoms with Crippen LogP contribution in [0.3, 0.4) is 0 Å². The van der Waals surface area contributed by atoms with Gasteiger partial charge in [0, 0.05) is 22.9 Å². The quantitative estimate of drug-likeness (QED) is 0.358. The number of hydrogen-bond acceptors (Lipinski definition) is 6. The lowest BCUT2D eigenvalue weighted by atomic mass is 10.2. The van der Waals surface area contributed by atoms with Crippen LogP contribution in [0.5, 0.6) is 5.75 Å². The van der Waals surface area contributed by atoms with Gasteiger partial charge in [0.1, 0.15) is 0 Å². The highest BCUT2D eigenvalue weighted by Crippen LogP contribution is 2.28. The molecule has 1 aliphatic carbocycles. The number of nitrogens with one attached hydrogen (secondary N) is 1. The topological polar surface area (TPSA) is 112 Å². The summed E-state index contributed by atoms with van der Waals surface area (Å²) in [6, 6.07) is 14.2. The fourth-order valence-electron chi connectivity index (χ4n) is 3.66. The second kappa shape index (κ2) is 8.78. The first-order chi connectivity index (χ1) is 15.1. The van der Waals surface area contributed by atoms with Crippen molar-refractivity contribution in [3.05, 3.63) is 81.2 Å². The number of hydrazone groups is 1. The summed E-state index contributed by atoms with van der Waals surface area (Å²) in [5.41, 5.74) is 6.04. The number of carbonyl (C=O) groups is 1. The van der Waals surface area contributed by atoms with Gasteiger partial charge in [0.15, 0.2) is 11.4 Å². The van der Waals surface area contributed by atoms with Crippen molar-refractivity contribution in [3.8, 4) is 11.4 Å². The molecule has 9 heteroatoms. The highest BCUT2D eigenvalue weighted by Gasteiger charge is 2.26. The Balaban J connectivity index is 1.53. The Morgan fingerprint density at radius 1 is 1.29 bits per heavy atom. The summed E-state index contributed by atoms with van der Waals surface area (Å²) < 4.78 is 7.08. The Morgan fingerprint density at radius 2 is 2.10 bits per heavy atom. The van der Waals surface area contributed by atoms with E-state index in [1.807, 2.05) is 35.0 Å². The normalized spacial score (nSPS) is 12.7. The summed E-state index contributed by atoms with van der Waals surface area (Å²) in [5.74, 6) is -0.222. The molecule has 0 fully saturated rings. The Bertz CT molecular complexity index is 1150. The van der Waals surface area contributed by atoms with Crippen molar-refractivity contribution in [2.24, 2.45) is 5.10 Å². The molecule has 9 nitrogen and oxygen atoms in total. The zero-order valence-electron chi connectivity index (χ0n) is 16.9. The molecule has 2 aromatic carbocycles. The minimum absolute atomic E-state index is 0.156. The van der Waals surface area contributed by atoms with Crippen LogP contribution in [-0.4, -0.2) is 33.4 Å². The molecule has 4 rings (SSSR count). The van der Waals surface area contributed by atoms with E-state index in [-0.39, 0.29) is 11.4 Å². The van der Waals surface area contributed by atoms with Crippen molar-refractivity contribution in [1.29, 1.82) is 0 Å². The summed E-state index contributed by atoms with van der Waals surface area (Å²) >= 11 is 0. The molecule has 0 atom stereocenters. The van der Waals surface area contributed by atoms with Crippen LogP contribution < -0.4 is 10.2 Å². The predicted octanol–water partition coefficient (Wildman–Crippen LogP) is 3.43. The number of para-hydroxylation sites is 1. The van der Waals surface area contributed by atoms with Crippen LogP contribution in [0.15, 0.2) is 53.6 Å². The summed E-state index contributed by atoms with van der Waals surface area (Å²) in [4.78, 5) is 23.5. The number of hydrogen-bond donors (Lipinski definition) is 1. The number of benzene rings is 2. The molecule has 1 heterocycles. The molecular weight excluding hydrogens is 398 g/mol. The van der Waals surface area contributed by atoms with Crippen LogP contribution in [-0.2, 0) is 12.8 Å². The third kappa shape index (κ3) is 4.16. The smallest absolute Gasteiger partial charge is 0.311 e. The molecule has 3 aromatic rings. The van der Waals surface area contributed by atoms with E-state index in [0.717, 1.165) is 36.2 Å². The maximum atomic E-state index is 12.7. The minimum atomic E-state index is -0.513. The fraction of sp³-hybridized carbons (Fsp3) is 0.227. The number of rotatable bonds is 7. The minimum Gasteiger partial charge on any atom is -0.487 e. The molecule has 158 valence electrons. The predicted molar refractivity (Wildman–Crippen MR) is 115 cm³/mol. The van der Waals surface area contributed by atoms with Crippen LogP contribution in [0.4, 0.5) is 5.69 Å². The Labute approximate surface area is 178 Å². The Hall–Kier alpha value is -4.01. The number of amides is 1. The lowest BCUT2D eigenvalue weighted by molar-refractivity contribution is -0.385. The van der Waals surface area contributed by atoms with Gasteiger partial charge in [-0.25, -0.2) is 10.1 Å². The lowest BCUT2D eigenvalue weighted by Crippen LogP contribution is -2.20. The van der Waals surface area contributed by atoms with E-state index in [0.29, 0.717) is 17.9 Å². The molecular formula is C22H21N5O4. The molecule has 0 saturated heterocycles. The Morgan fingerprint density at radius 3 is 2.84 bits per heavy atom. The van der Waals surface area contributed by atoms with Gasteiger partial charge in [0.05, 0.1) is 23.4 Å². The van der Waals surface area contributed by atoms with Crippen molar-refractivity contribution in [2.75, 3.05) is 6.61 Å². The van der Waals surface area contributed by atoms with Gasteiger partial charge in [0.25, 0.3) is 5.91 Å². The third-order valence-electron chi connectivity index (χ3n) is 5.01. The SMILES string of the molecule is CCOc1ccc(/C=N/NC(=O)c2nn(-c3ccccc3)c3c2CCC3)cc1[N+](=O)[O-]. The molecule has 1 aromatic heterocycles. The molecule has 0 aliphatic heterocycles. The average Bonchev–Trinajstić information content (AvgIpc) is 3.38. The second-order valence-electron chi connectivity index (χ2n) is 6.99. The molecule has 0 bridgehead atoms. The molecule has 0 saturated carbocycles. The van der Waals surface area contributed by atoms with E-state index >= 15 is 0 Å². The number of carbonyl (C=O) groups excluding carboxylic acids is 1. The van der Waals surface area contributed by atoms with Crippen molar-refractivity contribution < 1.29 is 14.5 Å². The van der Waals surface area contributed by atoms with Crippen LogP contribution in [0.2, 0.25) is 0 Å². The van der Waals surface area contributed by atoms with E-state index in [1.54, 1.807) is 13.0 Å². The molecule has 31 heavy (non-hydrogen) atoms. The van der Waals surface area contributed by atoms with Crippen LogP contribution >= 0.6 is 0 Å². The summed E-state index contributed by atoms with van der Waals surface area (Å²) in [5, 5.41) is 19.7. The fourth-order valence-corrected chi connectivity index (χ4v) is 3.66. The van der Waals surface area contributed by atoms with Gasteiger partial charge in [-0.3, -0.25) is 14.9 Å². The molecule has 1 amide bonds. The zero-order valence-corrected chi connectivity index (χ0v) is 16.9. The van der Waals surface area contributed by atoms with Crippen LogP contribution in [0.1, 0.15) is 40.7 Å². The van der Waals surface area contributed by atoms with E-state index in [4.69, 9.17) is 4.74 Å². The van der Waals surface area contributed by atoms with Gasteiger partial charge >= 0.3 is 5.69 Å². The van der Waals surface area contributed by atoms with Crippen LogP contribution in [0.25, 0.3) is 5.69 Å². The molecule has 0 unspecified atom stereocenters. The first-order valence-corrected chi connectivity index (χ1v) is 9.99. The number of nitro benzene ring substituents is 1.